The number of ether oxygens (including phenoxy) is 2. The van der Waals surface area contributed by atoms with Gasteiger partial charge in [-0.05, 0) is 43.6 Å². The maximum atomic E-state index is 5.74. The number of nitrogens with zero attached hydrogens (tertiary/aromatic N) is 1. The molecule has 0 radical (unpaired) electrons. The lowest BCUT2D eigenvalue weighted by Crippen LogP contribution is -2.27. The number of alkyl halides is 1. The van der Waals surface area contributed by atoms with Crippen LogP contribution in [0.4, 0.5) is 0 Å². The van der Waals surface area contributed by atoms with Gasteiger partial charge in [0.15, 0.2) is 11.5 Å². The summed E-state index contributed by atoms with van der Waals surface area (Å²) in [7, 11) is 3.32. The normalized spacial score (nSPS) is 10.8. The molecule has 0 aliphatic rings. The highest BCUT2D eigenvalue weighted by Gasteiger charge is 2.06. The summed E-state index contributed by atoms with van der Waals surface area (Å²) in [5, 5.41) is 0. The van der Waals surface area contributed by atoms with Gasteiger partial charge in [-0.15, -0.1) is 11.6 Å². The maximum absolute atomic E-state index is 5.74. The van der Waals surface area contributed by atoms with E-state index in [4.69, 9.17) is 21.1 Å². The van der Waals surface area contributed by atoms with Gasteiger partial charge in [0, 0.05) is 12.4 Å². The summed E-state index contributed by atoms with van der Waals surface area (Å²) in [5.41, 5.74) is 1.27. The maximum Gasteiger partial charge on any atom is 0.160 e. The molecule has 1 aromatic carbocycles. The van der Waals surface area contributed by atoms with Crippen LogP contribution in [0.15, 0.2) is 18.2 Å². The summed E-state index contributed by atoms with van der Waals surface area (Å²) in [6, 6.07) is 6.11. The Hall–Kier alpha value is -0.930. The molecule has 0 bridgehead atoms. The molecule has 0 saturated carbocycles. The van der Waals surface area contributed by atoms with Crippen LogP contribution in [0.2, 0.25) is 0 Å². The third-order valence-corrected chi connectivity index (χ3v) is 3.49. The average Bonchev–Trinajstić information content (AvgIpc) is 2.47. The zero-order valence-corrected chi connectivity index (χ0v) is 12.9. The molecule has 0 aromatic heterocycles. The van der Waals surface area contributed by atoms with Crippen molar-refractivity contribution in [2.45, 2.75) is 19.8 Å². The van der Waals surface area contributed by atoms with Gasteiger partial charge in [-0.2, -0.15) is 0 Å². The van der Waals surface area contributed by atoms with Crippen molar-refractivity contribution in [1.29, 1.82) is 0 Å². The van der Waals surface area contributed by atoms with Crippen LogP contribution < -0.4 is 9.47 Å². The monoisotopic (exact) mass is 285 g/mol. The lowest BCUT2D eigenvalue weighted by molar-refractivity contribution is 0.293. The first-order valence-corrected chi connectivity index (χ1v) is 7.27. The first-order chi connectivity index (χ1) is 9.24. The second-order valence-electron chi connectivity index (χ2n) is 4.42. The fourth-order valence-corrected chi connectivity index (χ4v) is 2.15. The fourth-order valence-electron chi connectivity index (χ4n) is 2.03. The first kappa shape index (κ1) is 16.1. The molecule has 0 N–H and O–H groups in total. The van der Waals surface area contributed by atoms with E-state index >= 15 is 0 Å². The van der Waals surface area contributed by atoms with Gasteiger partial charge in [0.05, 0.1) is 14.2 Å². The molecule has 19 heavy (non-hydrogen) atoms. The number of methoxy groups -OCH3 is 2. The molecular formula is C15H24ClNO2. The van der Waals surface area contributed by atoms with E-state index in [1.54, 1.807) is 14.2 Å². The van der Waals surface area contributed by atoms with Gasteiger partial charge in [-0.25, -0.2) is 0 Å². The topological polar surface area (TPSA) is 21.7 Å². The molecule has 1 rings (SSSR count). The Morgan fingerprint density at radius 2 is 1.84 bits per heavy atom. The molecule has 0 unspecified atom stereocenters. The van der Waals surface area contributed by atoms with Crippen LogP contribution in [0.25, 0.3) is 0 Å². The third kappa shape index (κ3) is 5.29. The minimum atomic E-state index is 0.729. The van der Waals surface area contributed by atoms with E-state index in [1.165, 1.54) is 5.56 Å². The number of rotatable bonds is 9. The summed E-state index contributed by atoms with van der Waals surface area (Å²) >= 11 is 5.74. The highest BCUT2D eigenvalue weighted by molar-refractivity contribution is 6.17. The largest absolute Gasteiger partial charge is 0.493 e. The van der Waals surface area contributed by atoms with Crippen LogP contribution in [-0.2, 0) is 6.42 Å². The van der Waals surface area contributed by atoms with Gasteiger partial charge in [0.25, 0.3) is 0 Å². The van der Waals surface area contributed by atoms with E-state index in [0.717, 1.165) is 49.9 Å². The van der Waals surface area contributed by atoms with E-state index in [2.05, 4.69) is 17.9 Å². The number of likely N-dealkylation sites (N-methyl/N-ethyl adjacent to an activating group) is 1. The Kier molecular flexibility index (Phi) is 7.68. The molecular weight excluding hydrogens is 262 g/mol. The van der Waals surface area contributed by atoms with Crippen molar-refractivity contribution >= 4 is 11.6 Å². The minimum Gasteiger partial charge on any atom is -0.493 e. The zero-order chi connectivity index (χ0) is 14.1. The second-order valence-corrected chi connectivity index (χ2v) is 4.79. The number of halogens is 1. The lowest BCUT2D eigenvalue weighted by atomic mass is 10.1. The Labute approximate surface area is 121 Å². The van der Waals surface area contributed by atoms with E-state index in [0.29, 0.717) is 0 Å². The van der Waals surface area contributed by atoms with Crippen molar-refractivity contribution in [2.24, 2.45) is 0 Å². The summed E-state index contributed by atoms with van der Waals surface area (Å²) < 4.78 is 10.6. The number of benzene rings is 1. The molecule has 0 atom stereocenters. The van der Waals surface area contributed by atoms with Gasteiger partial charge in [0.2, 0.25) is 0 Å². The van der Waals surface area contributed by atoms with Crippen molar-refractivity contribution in [1.82, 2.24) is 4.90 Å². The third-order valence-electron chi connectivity index (χ3n) is 3.22. The van der Waals surface area contributed by atoms with Gasteiger partial charge in [-0.3, -0.25) is 0 Å². The molecule has 108 valence electrons. The Morgan fingerprint density at radius 1 is 1.11 bits per heavy atom. The lowest BCUT2D eigenvalue weighted by Gasteiger charge is -2.20. The van der Waals surface area contributed by atoms with E-state index < -0.39 is 0 Å². The molecule has 0 spiro atoms. The van der Waals surface area contributed by atoms with Crippen molar-refractivity contribution in [3.05, 3.63) is 23.8 Å². The summed E-state index contributed by atoms with van der Waals surface area (Å²) in [6.45, 7) is 5.35. The van der Waals surface area contributed by atoms with E-state index in [-0.39, 0.29) is 0 Å². The van der Waals surface area contributed by atoms with Gasteiger partial charge in [0.1, 0.15) is 0 Å². The Morgan fingerprint density at radius 3 is 2.42 bits per heavy atom. The van der Waals surface area contributed by atoms with Crippen LogP contribution in [-0.4, -0.2) is 44.6 Å². The zero-order valence-electron chi connectivity index (χ0n) is 12.1. The molecule has 0 amide bonds. The van der Waals surface area contributed by atoms with Crippen LogP contribution in [0.1, 0.15) is 18.9 Å². The molecule has 1 aromatic rings. The average molecular weight is 286 g/mol. The molecule has 0 heterocycles. The molecule has 0 fully saturated rings. The standard InChI is InChI=1S/C15H24ClNO2/c1-4-17(10-5-9-16)11-8-13-6-7-14(18-2)15(12-13)19-3/h6-7,12H,4-5,8-11H2,1-3H3. The van der Waals surface area contributed by atoms with Crippen LogP contribution in [0.3, 0.4) is 0 Å². The minimum absolute atomic E-state index is 0.729. The summed E-state index contributed by atoms with van der Waals surface area (Å²) in [4.78, 5) is 2.42. The summed E-state index contributed by atoms with van der Waals surface area (Å²) in [6.07, 6.45) is 2.05. The van der Waals surface area contributed by atoms with Crippen molar-refractivity contribution in [2.75, 3.05) is 39.7 Å². The first-order valence-electron chi connectivity index (χ1n) is 6.74. The smallest absolute Gasteiger partial charge is 0.160 e. The molecule has 0 aliphatic carbocycles. The quantitative estimate of drug-likeness (QED) is 0.651. The Bertz CT molecular complexity index is 371. The van der Waals surface area contributed by atoms with Gasteiger partial charge < -0.3 is 14.4 Å². The second kappa shape index (κ2) is 9.05. The predicted octanol–water partition coefficient (Wildman–Crippen LogP) is 3.20. The highest BCUT2D eigenvalue weighted by Crippen LogP contribution is 2.27. The van der Waals surface area contributed by atoms with E-state index in [9.17, 15) is 0 Å². The Balaban J connectivity index is 2.56. The fraction of sp³-hybridized carbons (Fsp3) is 0.600. The number of hydrogen-bond donors (Lipinski definition) is 0. The van der Waals surface area contributed by atoms with Gasteiger partial charge >= 0.3 is 0 Å². The van der Waals surface area contributed by atoms with Crippen LogP contribution >= 0.6 is 11.6 Å². The highest BCUT2D eigenvalue weighted by atomic mass is 35.5. The van der Waals surface area contributed by atoms with Crippen molar-refractivity contribution < 1.29 is 9.47 Å². The van der Waals surface area contributed by atoms with E-state index in [1.807, 2.05) is 12.1 Å². The number of hydrogen-bond acceptors (Lipinski definition) is 3. The van der Waals surface area contributed by atoms with Crippen molar-refractivity contribution in [3.63, 3.8) is 0 Å². The van der Waals surface area contributed by atoms with Crippen LogP contribution in [0.5, 0.6) is 11.5 Å². The van der Waals surface area contributed by atoms with Crippen LogP contribution in [0, 0.1) is 0 Å². The molecule has 0 aliphatic heterocycles. The van der Waals surface area contributed by atoms with Crippen molar-refractivity contribution in [3.8, 4) is 11.5 Å². The molecule has 4 heteroatoms. The molecule has 0 saturated heterocycles. The SMILES string of the molecule is CCN(CCCCl)CCc1ccc(OC)c(OC)c1. The molecule has 3 nitrogen and oxygen atoms in total. The summed E-state index contributed by atoms with van der Waals surface area (Å²) in [5.74, 6) is 2.30. The predicted molar refractivity (Wildman–Crippen MR) is 80.7 cm³/mol. The van der Waals surface area contributed by atoms with Gasteiger partial charge in [-0.1, -0.05) is 13.0 Å².